The van der Waals surface area contributed by atoms with E-state index in [4.69, 9.17) is 75.7 Å². The fourth-order valence-corrected chi connectivity index (χ4v) is 14.7. The van der Waals surface area contributed by atoms with E-state index in [9.17, 15) is 43.8 Å². The first kappa shape index (κ1) is 99.1. The van der Waals surface area contributed by atoms with Crippen molar-refractivity contribution >= 4 is 109 Å². The summed E-state index contributed by atoms with van der Waals surface area (Å²) >= 11 is 12.9. The summed E-state index contributed by atoms with van der Waals surface area (Å²) in [4.78, 5) is 99.4. The number of aliphatic hydroxyl groups excluding tert-OH is 2. The number of aromatic hydroxyl groups is 1. The molecule has 10 aromatic rings. The first-order valence-electron chi connectivity index (χ1n) is 42.4. The second-order valence-electron chi connectivity index (χ2n) is 32.6. The van der Waals surface area contributed by atoms with Crippen molar-refractivity contribution in [3.63, 3.8) is 0 Å². The Morgan fingerprint density at radius 3 is 1.42 bits per heavy atom. The SMILES string of the molecule is C1CCOC1.CN(CCCCCOCCO)C(=O)OC(C)(C)C.COCOc1ccc(C(=O)Nc2ccc(-n3cc(C(=O)N4C[C@@H](CCl)c5c4cc(O)c4cccc(C)c54)nn3)cc2)cc1.COCOc1ccc(C(=O)Nc2ccc(-n3cc(C(=O)N4C[C@@H](CCl)c5c4cc(OC(=O)N(CCOCCO)CCN(C)C(=O)OC(C)(C)C)c4cccc(C)c54)nn3)cc2)cc1. The first-order chi connectivity index (χ1) is 61.9. The number of alkyl halides is 2. The molecule has 1 fully saturated rings. The number of hydrogen-bond donors (Lipinski definition) is 5. The standard InChI is InChI=1S/C45H52ClN7O10.C32H28ClN5O5.C13H27NO4.C4H8O/c1-29-8-7-9-35-38(62-44(58)51(20-22-60-23-21-54)19-18-50(5)43(57)63-45(2,3)4)24-37-40(39(29)35)31(25-46)26-52(37)42(56)36-27-53(49-48-36)33-14-12-32(13-15-33)47-41(55)30-10-16-34(17-11-30)61-28-59-6;1-19-4-3-5-25-28(39)14-27-30(29(19)25)21(15-33)16-37(27)32(41)26-17-38(36-35-26)23-10-8-22(9-11-23)34-31(40)20-6-12-24(13-7-20)43-18-42-2;1-13(2,3)18-12(16)14(4)8-6-5-7-10-17-11-9-15;1-2-4-5-3-1/h7-17,24,27,31,54H,18-23,25-26,28H2,1-6H3,(H,47,55);3-14,17,21,39H,15-16,18H2,1-2H3,(H,34,40);15H,5-11H2,1-4H3;1-4H2/t31-;21-;;/m11../s1. The summed E-state index contributed by atoms with van der Waals surface area (Å²) in [6.45, 7) is 19.8. The molecule has 0 radical (unpaired) electrons. The lowest BCUT2D eigenvalue weighted by Crippen LogP contribution is -2.43. The second-order valence-corrected chi connectivity index (χ2v) is 33.2. The molecule has 0 spiro atoms. The quantitative estimate of drug-likeness (QED) is 0.0145. The van der Waals surface area contributed by atoms with Crippen LogP contribution in [0.15, 0.2) is 158 Å². The number of hydrogen-bond acceptors (Lipinski definition) is 24. The van der Waals surface area contributed by atoms with Crippen LogP contribution >= 0.6 is 23.2 Å². The molecule has 35 heteroatoms. The fourth-order valence-electron chi connectivity index (χ4n) is 14.2. The number of benzene rings is 8. The normalized spacial score (nSPS) is 13.8. The van der Waals surface area contributed by atoms with Gasteiger partial charge in [-0.15, -0.1) is 33.4 Å². The molecule has 13 rings (SSSR count). The predicted molar refractivity (Wildman–Crippen MR) is 491 cm³/mol. The van der Waals surface area contributed by atoms with Crippen LogP contribution in [0.25, 0.3) is 32.9 Å². The summed E-state index contributed by atoms with van der Waals surface area (Å²) in [5, 5.41) is 54.1. The third-order valence-electron chi connectivity index (χ3n) is 20.6. The van der Waals surface area contributed by atoms with Crippen LogP contribution in [0.4, 0.5) is 37.1 Å². The minimum absolute atomic E-state index is 0.0677. The Bertz CT molecular complexity index is 5390. The molecule has 3 aliphatic heterocycles. The van der Waals surface area contributed by atoms with E-state index in [1.807, 2.05) is 71.0 Å². The van der Waals surface area contributed by atoms with Crippen LogP contribution in [0.1, 0.15) is 149 Å². The molecule has 5 N–H and O–H groups in total. The fraction of sp³-hybridized carbons (Fsp3) is 0.415. The zero-order valence-electron chi connectivity index (χ0n) is 74.9. The lowest BCUT2D eigenvalue weighted by Gasteiger charge is -2.28. The highest BCUT2D eigenvalue weighted by Gasteiger charge is 2.39. The number of methoxy groups -OCH3 is 2. The van der Waals surface area contributed by atoms with Crippen LogP contribution in [-0.4, -0.2) is 259 Å². The number of ether oxygens (including phenoxy) is 10. The molecule has 0 bridgehead atoms. The molecule has 1 saturated heterocycles. The zero-order chi connectivity index (χ0) is 92.9. The highest BCUT2D eigenvalue weighted by atomic mass is 35.5. The van der Waals surface area contributed by atoms with E-state index in [1.165, 1.54) is 52.4 Å². The Balaban J connectivity index is 0.000000224. The number of phenols is 1. The molecular formula is C94H115Cl2N13O20. The van der Waals surface area contributed by atoms with Crippen molar-refractivity contribution in [1.82, 2.24) is 44.7 Å². The summed E-state index contributed by atoms with van der Waals surface area (Å²) in [7, 11) is 6.39. The number of fused-ring (bicyclic) bond motifs is 6. The first-order valence-corrected chi connectivity index (χ1v) is 43.5. The smallest absolute Gasteiger partial charge is 0.415 e. The molecule has 690 valence electrons. The average Bonchev–Trinajstić information content (AvgIpc) is 1.61. The van der Waals surface area contributed by atoms with Gasteiger partial charge in [-0.3, -0.25) is 19.2 Å². The number of aryl methyl sites for hydroxylation is 2. The van der Waals surface area contributed by atoms with Gasteiger partial charge in [0, 0.05) is 156 Å². The zero-order valence-corrected chi connectivity index (χ0v) is 76.4. The summed E-state index contributed by atoms with van der Waals surface area (Å²) in [6.07, 6.45) is 6.98. The van der Waals surface area contributed by atoms with Crippen LogP contribution in [0.2, 0.25) is 0 Å². The van der Waals surface area contributed by atoms with Crippen LogP contribution in [0.3, 0.4) is 0 Å². The maximum atomic E-state index is 14.3. The number of likely N-dealkylation sites (N-methyl/N-ethyl adjacent to an activating group) is 1. The summed E-state index contributed by atoms with van der Waals surface area (Å²) in [5.41, 5.74) is 7.24. The molecular weight excluding hydrogens is 1700 g/mol. The Hall–Kier alpha value is -12.1. The van der Waals surface area contributed by atoms with E-state index in [-0.39, 0.29) is 131 Å². The highest BCUT2D eigenvalue weighted by Crippen LogP contribution is 2.49. The Morgan fingerprint density at radius 1 is 0.527 bits per heavy atom. The van der Waals surface area contributed by atoms with Crippen LogP contribution < -0.4 is 34.6 Å². The monoisotopic (exact) mass is 1820 g/mol. The van der Waals surface area contributed by atoms with E-state index < -0.39 is 29.3 Å². The van der Waals surface area contributed by atoms with Gasteiger partial charge in [0.05, 0.1) is 68.2 Å². The van der Waals surface area contributed by atoms with E-state index in [1.54, 1.807) is 165 Å². The maximum absolute atomic E-state index is 14.3. The number of carbonyl (C=O) groups excluding carboxylic acids is 7. The summed E-state index contributed by atoms with van der Waals surface area (Å²) in [6, 6.07) is 42.0. The Labute approximate surface area is 760 Å². The number of amides is 7. The molecule has 0 aliphatic carbocycles. The van der Waals surface area contributed by atoms with Gasteiger partial charge in [-0.2, -0.15) is 0 Å². The van der Waals surface area contributed by atoms with Crippen molar-refractivity contribution in [3.8, 4) is 34.4 Å². The number of nitrogens with zero attached hydrogens (tertiary/aromatic N) is 11. The molecule has 7 amide bonds. The minimum Gasteiger partial charge on any atom is -0.507 e. The molecule has 0 unspecified atom stereocenters. The molecule has 3 aliphatic rings. The van der Waals surface area contributed by atoms with Gasteiger partial charge in [0.15, 0.2) is 25.0 Å². The van der Waals surface area contributed by atoms with Gasteiger partial charge in [-0.25, -0.2) is 23.7 Å². The number of rotatable bonds is 33. The Kier molecular flexibility index (Phi) is 36.8. The van der Waals surface area contributed by atoms with Gasteiger partial charge in [0.1, 0.15) is 34.2 Å². The van der Waals surface area contributed by atoms with Gasteiger partial charge in [0.25, 0.3) is 23.6 Å². The molecule has 129 heavy (non-hydrogen) atoms. The highest BCUT2D eigenvalue weighted by molar-refractivity contribution is 6.20. The topological polar surface area (TPSA) is 374 Å². The Morgan fingerprint density at radius 2 is 0.977 bits per heavy atom. The average molecular weight is 1820 g/mol. The predicted octanol–water partition coefficient (Wildman–Crippen LogP) is 15.1. The van der Waals surface area contributed by atoms with E-state index in [2.05, 4.69) is 31.3 Å². The lowest BCUT2D eigenvalue weighted by atomic mass is 9.92. The second kappa shape index (κ2) is 47.8. The van der Waals surface area contributed by atoms with Crippen LogP contribution in [0, 0.1) is 13.8 Å². The number of unbranched alkanes of at least 4 members (excludes halogenated alkanes) is 2. The lowest BCUT2D eigenvalue weighted by molar-refractivity contribution is 0.0269. The molecule has 33 nitrogen and oxygen atoms in total. The maximum Gasteiger partial charge on any atom is 0.415 e. The van der Waals surface area contributed by atoms with Gasteiger partial charge >= 0.3 is 18.3 Å². The minimum atomic E-state index is -0.705. The molecule has 8 aromatic carbocycles. The van der Waals surface area contributed by atoms with E-state index in [0.29, 0.717) is 94.3 Å². The van der Waals surface area contributed by atoms with Crippen molar-refractivity contribution in [2.75, 3.05) is 166 Å². The number of carbonyl (C=O) groups is 7. The molecule has 2 atom stereocenters. The van der Waals surface area contributed by atoms with E-state index >= 15 is 0 Å². The van der Waals surface area contributed by atoms with Crippen LogP contribution in [0.5, 0.6) is 23.0 Å². The number of phenolic OH excluding ortho intramolecular Hbond substituents is 1. The number of aromatic nitrogens is 6. The number of halogens is 2. The number of aliphatic hydroxyl groups is 2. The van der Waals surface area contributed by atoms with Crippen molar-refractivity contribution in [2.24, 2.45) is 0 Å². The van der Waals surface area contributed by atoms with Gasteiger partial charge < -0.3 is 97.8 Å². The van der Waals surface area contributed by atoms with Crippen molar-refractivity contribution in [1.29, 1.82) is 0 Å². The molecule has 5 heterocycles. The van der Waals surface area contributed by atoms with Gasteiger partial charge in [0.2, 0.25) is 0 Å². The van der Waals surface area contributed by atoms with E-state index in [0.717, 1.165) is 70.9 Å². The van der Waals surface area contributed by atoms with Crippen molar-refractivity contribution in [2.45, 2.75) is 111 Å². The third kappa shape index (κ3) is 27.7. The number of anilines is 4. The van der Waals surface area contributed by atoms with Crippen LogP contribution in [-0.2, 0) is 33.2 Å². The summed E-state index contributed by atoms with van der Waals surface area (Å²) < 4.78 is 55.9. The third-order valence-corrected chi connectivity index (χ3v) is 21.3. The molecule has 2 aromatic heterocycles. The van der Waals surface area contributed by atoms with Crippen molar-refractivity contribution in [3.05, 3.63) is 203 Å². The largest absolute Gasteiger partial charge is 0.507 e. The molecule has 0 saturated carbocycles. The van der Waals surface area contributed by atoms with Gasteiger partial charge in [-0.1, -0.05) is 46.8 Å². The summed E-state index contributed by atoms with van der Waals surface area (Å²) in [5.74, 6) is 0.358. The van der Waals surface area contributed by atoms with Crippen molar-refractivity contribution < 1.29 is 96.2 Å². The van der Waals surface area contributed by atoms with Gasteiger partial charge in [-0.05, 0) is 218 Å². The number of nitrogens with one attached hydrogen (secondary N) is 2.